The largest absolute Gasteiger partial charge is 0.455 e. The number of carbonyl (C=O) groups is 3. The Bertz CT molecular complexity index is 612. The highest BCUT2D eigenvalue weighted by Gasteiger charge is 2.23. The van der Waals surface area contributed by atoms with Crippen molar-refractivity contribution in [1.82, 2.24) is 5.32 Å². The van der Waals surface area contributed by atoms with Crippen molar-refractivity contribution in [3.63, 3.8) is 0 Å². The number of nitrogens with one attached hydrogen (secondary N) is 2. The Kier molecular flexibility index (Phi) is 6.98. The molecule has 0 aromatic heterocycles. The van der Waals surface area contributed by atoms with Crippen LogP contribution >= 0.6 is 0 Å². The quantitative estimate of drug-likeness (QED) is 0.775. The highest BCUT2D eigenvalue weighted by Crippen LogP contribution is 2.23. The third-order valence-corrected chi connectivity index (χ3v) is 4.44. The molecule has 0 radical (unpaired) electrons. The topological polar surface area (TPSA) is 84.5 Å². The van der Waals surface area contributed by atoms with Crippen LogP contribution in [0.1, 0.15) is 45.1 Å². The van der Waals surface area contributed by atoms with E-state index < -0.39 is 5.97 Å². The van der Waals surface area contributed by atoms with Gasteiger partial charge in [-0.25, -0.2) is 0 Å². The summed E-state index contributed by atoms with van der Waals surface area (Å²) in [6.45, 7) is 3.33. The van der Waals surface area contributed by atoms with E-state index >= 15 is 0 Å². The first-order valence-corrected chi connectivity index (χ1v) is 8.75. The van der Waals surface area contributed by atoms with E-state index in [9.17, 15) is 14.4 Å². The minimum atomic E-state index is -0.445. The zero-order valence-electron chi connectivity index (χ0n) is 14.8. The molecule has 1 aliphatic rings. The first-order valence-electron chi connectivity index (χ1n) is 8.75. The normalized spacial score (nSPS) is 19.8. The van der Waals surface area contributed by atoms with Gasteiger partial charge >= 0.3 is 5.97 Å². The van der Waals surface area contributed by atoms with Crippen LogP contribution in [0.2, 0.25) is 0 Å². The molecule has 6 heteroatoms. The van der Waals surface area contributed by atoms with Gasteiger partial charge in [0.15, 0.2) is 6.61 Å². The molecule has 2 N–H and O–H groups in total. The lowest BCUT2D eigenvalue weighted by molar-refractivity contribution is -0.148. The number of hydrogen-bond donors (Lipinski definition) is 2. The van der Waals surface area contributed by atoms with Gasteiger partial charge in [0.25, 0.3) is 5.91 Å². The van der Waals surface area contributed by atoms with Crippen LogP contribution in [0.3, 0.4) is 0 Å². The van der Waals surface area contributed by atoms with Gasteiger partial charge in [-0.2, -0.15) is 0 Å². The monoisotopic (exact) mass is 346 g/mol. The number of carbonyl (C=O) groups excluding carboxylic acids is 3. The van der Waals surface area contributed by atoms with Gasteiger partial charge < -0.3 is 15.4 Å². The Balaban J connectivity index is 1.72. The molecule has 2 amide bonds. The molecular formula is C19H26N2O4. The minimum absolute atomic E-state index is 0.0907. The van der Waals surface area contributed by atoms with E-state index in [0.717, 1.165) is 24.8 Å². The van der Waals surface area contributed by atoms with E-state index in [4.69, 9.17) is 4.74 Å². The fourth-order valence-corrected chi connectivity index (χ4v) is 3.05. The lowest BCUT2D eigenvalue weighted by atomic mass is 9.86. The van der Waals surface area contributed by atoms with Gasteiger partial charge in [-0.1, -0.05) is 31.9 Å². The number of anilines is 1. The molecule has 25 heavy (non-hydrogen) atoms. The molecule has 2 atom stereocenters. The third kappa shape index (κ3) is 6.57. The van der Waals surface area contributed by atoms with E-state index in [1.165, 1.54) is 13.3 Å². The maximum absolute atomic E-state index is 11.9. The van der Waals surface area contributed by atoms with Gasteiger partial charge in [-0.3, -0.25) is 14.4 Å². The van der Waals surface area contributed by atoms with Crippen LogP contribution in [0, 0.1) is 5.92 Å². The van der Waals surface area contributed by atoms with Crippen molar-refractivity contribution in [3.05, 3.63) is 29.8 Å². The molecule has 136 valence electrons. The second kappa shape index (κ2) is 9.20. The van der Waals surface area contributed by atoms with E-state index in [-0.39, 0.29) is 30.9 Å². The Labute approximate surface area is 148 Å². The molecule has 0 spiro atoms. The summed E-state index contributed by atoms with van der Waals surface area (Å²) in [5, 5.41) is 5.62. The van der Waals surface area contributed by atoms with E-state index in [1.54, 1.807) is 24.3 Å². The van der Waals surface area contributed by atoms with Crippen molar-refractivity contribution in [2.45, 2.75) is 52.0 Å². The summed E-state index contributed by atoms with van der Waals surface area (Å²) in [7, 11) is 0. The van der Waals surface area contributed by atoms with Crippen molar-refractivity contribution < 1.29 is 19.1 Å². The zero-order valence-corrected chi connectivity index (χ0v) is 14.8. The van der Waals surface area contributed by atoms with E-state index in [2.05, 4.69) is 17.6 Å². The Morgan fingerprint density at radius 2 is 1.80 bits per heavy atom. The van der Waals surface area contributed by atoms with Crippen molar-refractivity contribution >= 4 is 23.5 Å². The molecule has 6 nitrogen and oxygen atoms in total. The molecule has 0 heterocycles. The van der Waals surface area contributed by atoms with Gasteiger partial charge in [0.1, 0.15) is 0 Å². The van der Waals surface area contributed by atoms with Crippen molar-refractivity contribution in [2.24, 2.45) is 5.92 Å². The lowest BCUT2D eigenvalue weighted by Crippen LogP contribution is -2.42. The number of benzene rings is 1. The summed E-state index contributed by atoms with van der Waals surface area (Å²) in [5.74, 6) is -0.367. The predicted octanol–water partition coefficient (Wildman–Crippen LogP) is 2.43. The molecule has 0 bridgehead atoms. The fraction of sp³-hybridized carbons (Fsp3) is 0.526. The van der Waals surface area contributed by atoms with Gasteiger partial charge in [-0.15, -0.1) is 0 Å². The van der Waals surface area contributed by atoms with E-state index in [1.807, 2.05) is 0 Å². The second-order valence-corrected chi connectivity index (χ2v) is 6.65. The molecule has 2 rings (SSSR count). The first-order chi connectivity index (χ1) is 11.9. The highest BCUT2D eigenvalue weighted by molar-refractivity contribution is 5.88. The molecular weight excluding hydrogens is 320 g/mol. The van der Waals surface area contributed by atoms with Crippen LogP contribution in [0.25, 0.3) is 0 Å². The van der Waals surface area contributed by atoms with Crippen LogP contribution < -0.4 is 10.6 Å². The SMILES string of the molecule is CC(=O)Nc1ccc(CC(=O)OCC(=O)N[C@@H]2CCCC[C@H]2C)cc1. The van der Waals surface area contributed by atoms with Crippen LogP contribution in [0.5, 0.6) is 0 Å². The summed E-state index contributed by atoms with van der Waals surface area (Å²) in [5.41, 5.74) is 1.44. The number of amides is 2. The molecule has 0 saturated heterocycles. The minimum Gasteiger partial charge on any atom is -0.455 e. The Hall–Kier alpha value is -2.37. The maximum atomic E-state index is 11.9. The van der Waals surface area contributed by atoms with E-state index in [0.29, 0.717) is 11.6 Å². The summed E-state index contributed by atoms with van der Waals surface area (Å²) in [6, 6.07) is 7.12. The Morgan fingerprint density at radius 3 is 2.44 bits per heavy atom. The van der Waals surface area contributed by atoms with Crippen LogP contribution in [-0.2, 0) is 25.5 Å². The molecule has 1 aliphatic carbocycles. The molecule has 1 aromatic rings. The molecule has 1 aromatic carbocycles. The smallest absolute Gasteiger partial charge is 0.310 e. The van der Waals surface area contributed by atoms with Crippen molar-refractivity contribution in [2.75, 3.05) is 11.9 Å². The average molecular weight is 346 g/mol. The predicted molar refractivity (Wildman–Crippen MR) is 95.0 cm³/mol. The average Bonchev–Trinajstić information content (AvgIpc) is 2.56. The lowest BCUT2D eigenvalue weighted by Gasteiger charge is -2.29. The fourth-order valence-electron chi connectivity index (χ4n) is 3.05. The molecule has 0 unspecified atom stereocenters. The summed E-state index contributed by atoms with van der Waals surface area (Å²) in [4.78, 5) is 34.8. The summed E-state index contributed by atoms with van der Waals surface area (Å²) < 4.78 is 5.06. The highest BCUT2D eigenvalue weighted by atomic mass is 16.5. The van der Waals surface area contributed by atoms with Crippen molar-refractivity contribution in [3.8, 4) is 0 Å². The third-order valence-electron chi connectivity index (χ3n) is 4.44. The van der Waals surface area contributed by atoms with Crippen LogP contribution in [0.15, 0.2) is 24.3 Å². The van der Waals surface area contributed by atoms with Gasteiger partial charge in [0.05, 0.1) is 6.42 Å². The maximum Gasteiger partial charge on any atom is 0.310 e. The molecule has 1 fully saturated rings. The van der Waals surface area contributed by atoms with Crippen LogP contribution in [0.4, 0.5) is 5.69 Å². The standard InChI is InChI=1S/C19H26N2O4/c1-13-5-3-4-6-17(13)21-18(23)12-25-19(24)11-15-7-9-16(10-8-15)20-14(2)22/h7-10,13,17H,3-6,11-12H2,1-2H3,(H,20,22)(H,21,23)/t13-,17-/m1/s1. The number of esters is 1. The van der Waals surface area contributed by atoms with Gasteiger partial charge in [0.2, 0.25) is 5.91 Å². The number of ether oxygens (including phenoxy) is 1. The summed E-state index contributed by atoms with van der Waals surface area (Å²) in [6.07, 6.45) is 4.54. The van der Waals surface area contributed by atoms with Gasteiger partial charge in [-0.05, 0) is 36.5 Å². The molecule has 0 aliphatic heterocycles. The summed E-state index contributed by atoms with van der Waals surface area (Å²) >= 11 is 0. The number of hydrogen-bond acceptors (Lipinski definition) is 4. The van der Waals surface area contributed by atoms with Crippen LogP contribution in [-0.4, -0.2) is 30.4 Å². The first kappa shape index (κ1) is 19.0. The number of rotatable bonds is 6. The van der Waals surface area contributed by atoms with Gasteiger partial charge in [0, 0.05) is 18.7 Å². The Morgan fingerprint density at radius 1 is 1.12 bits per heavy atom. The molecule has 1 saturated carbocycles. The zero-order chi connectivity index (χ0) is 18.2. The second-order valence-electron chi connectivity index (χ2n) is 6.65. The van der Waals surface area contributed by atoms with Crippen molar-refractivity contribution in [1.29, 1.82) is 0 Å².